The van der Waals surface area contributed by atoms with Crippen LogP contribution in [0.4, 0.5) is 4.39 Å². The van der Waals surface area contributed by atoms with Gasteiger partial charge in [-0.3, -0.25) is 0 Å². The Morgan fingerprint density at radius 1 is 1.20 bits per heavy atom. The number of fused-ring (bicyclic) bond motifs is 1. The summed E-state index contributed by atoms with van der Waals surface area (Å²) >= 11 is 0. The minimum atomic E-state index is -0.321. The van der Waals surface area contributed by atoms with Crippen LogP contribution in [0.2, 0.25) is 0 Å². The number of benzene rings is 2. The molecule has 0 spiro atoms. The molecule has 5 heteroatoms. The van der Waals surface area contributed by atoms with E-state index in [1.807, 2.05) is 37.3 Å². The van der Waals surface area contributed by atoms with Gasteiger partial charge in [0.25, 0.3) is 0 Å². The molecule has 3 rings (SSSR count). The molecule has 4 nitrogen and oxygen atoms in total. The maximum absolute atomic E-state index is 14.3. The lowest BCUT2D eigenvalue weighted by molar-refractivity contribution is 0.602. The lowest BCUT2D eigenvalue weighted by Crippen LogP contribution is -2.19. The van der Waals surface area contributed by atoms with Gasteiger partial charge in [0.1, 0.15) is 17.0 Å². The third-order valence-electron chi connectivity index (χ3n) is 3.18. The smallest absolute Gasteiger partial charge is 0.149 e. The van der Waals surface area contributed by atoms with Crippen LogP contribution in [0, 0.1) is 5.82 Å². The van der Waals surface area contributed by atoms with Gasteiger partial charge >= 0.3 is 0 Å². The van der Waals surface area contributed by atoms with Gasteiger partial charge in [-0.2, -0.15) is 0 Å². The Kier molecular flexibility index (Phi) is 3.20. The molecule has 2 aromatic carbocycles. The highest BCUT2D eigenvalue weighted by molar-refractivity contribution is 5.76. The molecule has 20 heavy (non-hydrogen) atoms. The number of nitrogens with zero attached hydrogens (tertiary/aromatic N) is 3. The minimum Gasteiger partial charge on any atom is -0.328 e. The van der Waals surface area contributed by atoms with Crippen LogP contribution in [0.5, 0.6) is 0 Å². The third-order valence-corrected chi connectivity index (χ3v) is 3.18. The Labute approximate surface area is 116 Å². The zero-order chi connectivity index (χ0) is 14.1. The molecule has 0 aliphatic rings. The molecule has 102 valence electrons. The van der Waals surface area contributed by atoms with Crippen molar-refractivity contribution in [1.82, 2.24) is 15.0 Å². The first-order valence-electron chi connectivity index (χ1n) is 6.50. The van der Waals surface area contributed by atoms with Crippen molar-refractivity contribution >= 4 is 11.0 Å². The second-order valence-corrected chi connectivity index (χ2v) is 4.92. The Morgan fingerprint density at radius 2 is 2.00 bits per heavy atom. The molecule has 1 atom stereocenters. The van der Waals surface area contributed by atoms with Crippen LogP contribution in [0.3, 0.4) is 0 Å². The first-order valence-corrected chi connectivity index (χ1v) is 6.50. The SMILES string of the molecule is CC(N)Cc1cccc(F)c1-n1nnc2ccccc21. The summed E-state index contributed by atoms with van der Waals surface area (Å²) in [6.45, 7) is 1.90. The molecule has 0 radical (unpaired) electrons. The lowest BCUT2D eigenvalue weighted by Gasteiger charge is -2.12. The van der Waals surface area contributed by atoms with Crippen LogP contribution in [-0.4, -0.2) is 21.0 Å². The molecule has 0 aliphatic carbocycles. The predicted molar refractivity (Wildman–Crippen MR) is 76.2 cm³/mol. The van der Waals surface area contributed by atoms with Crippen LogP contribution in [0.15, 0.2) is 42.5 Å². The van der Waals surface area contributed by atoms with Crippen molar-refractivity contribution in [3.63, 3.8) is 0 Å². The lowest BCUT2D eigenvalue weighted by atomic mass is 10.0. The first kappa shape index (κ1) is 12.7. The van der Waals surface area contributed by atoms with Crippen molar-refractivity contribution in [2.75, 3.05) is 0 Å². The van der Waals surface area contributed by atoms with Crippen LogP contribution in [0.25, 0.3) is 16.7 Å². The fourth-order valence-corrected chi connectivity index (χ4v) is 2.34. The van der Waals surface area contributed by atoms with E-state index in [0.717, 1.165) is 16.6 Å². The van der Waals surface area contributed by atoms with Crippen molar-refractivity contribution < 1.29 is 4.39 Å². The number of hydrogen-bond donors (Lipinski definition) is 1. The zero-order valence-electron chi connectivity index (χ0n) is 11.1. The maximum Gasteiger partial charge on any atom is 0.149 e. The van der Waals surface area contributed by atoms with Crippen LogP contribution < -0.4 is 5.73 Å². The normalized spacial score (nSPS) is 12.8. The Hall–Kier alpha value is -2.27. The largest absolute Gasteiger partial charge is 0.328 e. The van der Waals surface area contributed by atoms with E-state index < -0.39 is 0 Å². The Bertz CT molecular complexity index is 748. The fourth-order valence-electron chi connectivity index (χ4n) is 2.34. The van der Waals surface area contributed by atoms with Crippen LogP contribution in [-0.2, 0) is 6.42 Å². The molecular weight excluding hydrogens is 255 g/mol. The Morgan fingerprint density at radius 3 is 2.80 bits per heavy atom. The average molecular weight is 270 g/mol. The van der Waals surface area contributed by atoms with E-state index in [2.05, 4.69) is 10.3 Å². The minimum absolute atomic E-state index is 0.0506. The molecule has 1 unspecified atom stereocenters. The number of aromatic nitrogens is 3. The van der Waals surface area contributed by atoms with Crippen LogP contribution >= 0.6 is 0 Å². The second-order valence-electron chi connectivity index (χ2n) is 4.92. The molecular formula is C15H15FN4. The highest BCUT2D eigenvalue weighted by Gasteiger charge is 2.15. The molecule has 0 amide bonds. The van der Waals surface area contributed by atoms with Crippen molar-refractivity contribution in [3.05, 3.63) is 53.8 Å². The summed E-state index contributed by atoms with van der Waals surface area (Å²) in [5.41, 5.74) is 8.62. The first-order chi connectivity index (χ1) is 9.66. The number of halogens is 1. The van der Waals surface area contributed by atoms with Crippen molar-refractivity contribution in [2.24, 2.45) is 5.73 Å². The topological polar surface area (TPSA) is 56.7 Å². The number of rotatable bonds is 3. The van der Waals surface area contributed by atoms with E-state index >= 15 is 0 Å². The van der Waals surface area contributed by atoms with E-state index in [-0.39, 0.29) is 11.9 Å². The third kappa shape index (κ3) is 2.16. The number of para-hydroxylation sites is 2. The fraction of sp³-hybridized carbons (Fsp3) is 0.200. The highest BCUT2D eigenvalue weighted by atomic mass is 19.1. The molecule has 0 aliphatic heterocycles. The molecule has 0 saturated carbocycles. The summed E-state index contributed by atoms with van der Waals surface area (Å²) in [5.74, 6) is -0.321. The van der Waals surface area contributed by atoms with Gasteiger partial charge in [0.2, 0.25) is 0 Å². The Balaban J connectivity index is 2.23. The average Bonchev–Trinajstić information content (AvgIpc) is 2.82. The van der Waals surface area contributed by atoms with Gasteiger partial charge in [-0.15, -0.1) is 5.10 Å². The number of nitrogens with two attached hydrogens (primary N) is 1. The highest BCUT2D eigenvalue weighted by Crippen LogP contribution is 2.23. The summed E-state index contributed by atoms with van der Waals surface area (Å²) in [6.07, 6.45) is 0.585. The van der Waals surface area contributed by atoms with E-state index in [0.29, 0.717) is 12.1 Å². The van der Waals surface area contributed by atoms with Gasteiger partial charge in [-0.1, -0.05) is 29.5 Å². The predicted octanol–water partition coefficient (Wildman–Crippen LogP) is 2.45. The molecule has 0 saturated heterocycles. The van der Waals surface area contributed by atoms with Crippen LogP contribution in [0.1, 0.15) is 12.5 Å². The standard InChI is InChI=1S/C15H15FN4/c1-10(17)9-11-5-4-6-12(16)15(11)20-14-8-3-2-7-13(14)18-19-20/h2-8,10H,9,17H2,1H3. The van der Waals surface area contributed by atoms with Gasteiger partial charge in [-0.25, -0.2) is 9.07 Å². The molecule has 0 fully saturated rings. The van der Waals surface area contributed by atoms with Crippen molar-refractivity contribution in [1.29, 1.82) is 0 Å². The quantitative estimate of drug-likeness (QED) is 0.795. The van der Waals surface area contributed by atoms with E-state index in [4.69, 9.17) is 5.73 Å². The summed E-state index contributed by atoms with van der Waals surface area (Å²) < 4.78 is 15.8. The maximum atomic E-state index is 14.3. The van der Waals surface area contributed by atoms with Gasteiger partial charge in [0, 0.05) is 6.04 Å². The summed E-state index contributed by atoms with van der Waals surface area (Å²) in [5, 5.41) is 8.15. The molecule has 1 heterocycles. The monoisotopic (exact) mass is 270 g/mol. The molecule has 0 bridgehead atoms. The van der Waals surface area contributed by atoms with Gasteiger partial charge in [0.15, 0.2) is 0 Å². The second kappa shape index (κ2) is 5.02. The van der Waals surface area contributed by atoms with Crippen molar-refractivity contribution in [3.8, 4) is 5.69 Å². The zero-order valence-corrected chi connectivity index (χ0v) is 11.1. The summed E-state index contributed by atoms with van der Waals surface area (Å²) in [6, 6.07) is 12.4. The summed E-state index contributed by atoms with van der Waals surface area (Å²) in [4.78, 5) is 0. The molecule has 1 aromatic heterocycles. The van der Waals surface area contributed by atoms with E-state index in [9.17, 15) is 4.39 Å². The van der Waals surface area contributed by atoms with Gasteiger partial charge in [-0.05, 0) is 37.1 Å². The van der Waals surface area contributed by atoms with E-state index in [1.165, 1.54) is 6.07 Å². The molecule has 3 aromatic rings. The molecule has 2 N–H and O–H groups in total. The summed E-state index contributed by atoms with van der Waals surface area (Å²) in [7, 11) is 0. The van der Waals surface area contributed by atoms with Gasteiger partial charge in [0.05, 0.1) is 5.52 Å². The number of hydrogen-bond acceptors (Lipinski definition) is 3. The van der Waals surface area contributed by atoms with Gasteiger partial charge < -0.3 is 5.73 Å². The van der Waals surface area contributed by atoms with Crippen molar-refractivity contribution in [2.45, 2.75) is 19.4 Å². The van der Waals surface area contributed by atoms with E-state index in [1.54, 1.807) is 10.7 Å².